The molecule has 0 heterocycles. The number of carbonyl (C=O) groups excluding carboxylic acids is 2. The molecule has 0 bridgehead atoms. The number of benzene rings is 2. The molecule has 0 unspecified atom stereocenters. The van der Waals surface area contributed by atoms with Crippen molar-refractivity contribution in [1.82, 2.24) is 0 Å². The fourth-order valence-electron chi connectivity index (χ4n) is 1.59. The van der Waals surface area contributed by atoms with Crippen molar-refractivity contribution in [2.75, 3.05) is 5.32 Å². The van der Waals surface area contributed by atoms with Gasteiger partial charge in [-0.15, -0.1) is 0 Å². The third-order valence-electron chi connectivity index (χ3n) is 2.44. The number of esters is 1. The SMILES string of the molecule is CC(=O)Nc1cccc(OC(=O)c2ccc(F)cc2)c1. The molecular formula is C15H12FNO3. The minimum atomic E-state index is -0.593. The first kappa shape index (κ1) is 13.7. The molecule has 5 heteroatoms. The molecule has 2 aromatic rings. The largest absolute Gasteiger partial charge is 0.423 e. The Morgan fingerprint density at radius 3 is 2.45 bits per heavy atom. The van der Waals surface area contributed by atoms with Gasteiger partial charge >= 0.3 is 5.97 Å². The highest BCUT2D eigenvalue weighted by atomic mass is 19.1. The first-order valence-electron chi connectivity index (χ1n) is 5.90. The van der Waals surface area contributed by atoms with Crippen molar-refractivity contribution in [3.8, 4) is 5.75 Å². The van der Waals surface area contributed by atoms with Crippen LogP contribution in [0.25, 0.3) is 0 Å². The predicted octanol–water partition coefficient (Wildman–Crippen LogP) is 3.00. The van der Waals surface area contributed by atoms with Crippen molar-refractivity contribution in [3.05, 3.63) is 59.9 Å². The second-order valence-corrected chi connectivity index (χ2v) is 4.11. The highest BCUT2D eigenvalue weighted by Crippen LogP contribution is 2.18. The molecule has 0 spiro atoms. The van der Waals surface area contributed by atoms with Crippen molar-refractivity contribution in [2.45, 2.75) is 6.92 Å². The molecule has 102 valence electrons. The lowest BCUT2D eigenvalue weighted by molar-refractivity contribution is -0.114. The lowest BCUT2D eigenvalue weighted by atomic mass is 10.2. The van der Waals surface area contributed by atoms with Crippen LogP contribution in [0.2, 0.25) is 0 Å². The molecule has 0 saturated carbocycles. The van der Waals surface area contributed by atoms with Gasteiger partial charge in [-0.05, 0) is 36.4 Å². The van der Waals surface area contributed by atoms with Crippen LogP contribution in [0.5, 0.6) is 5.75 Å². The summed E-state index contributed by atoms with van der Waals surface area (Å²) >= 11 is 0. The Bertz CT molecular complexity index is 638. The van der Waals surface area contributed by atoms with E-state index in [1.165, 1.54) is 37.3 Å². The van der Waals surface area contributed by atoms with Crippen LogP contribution in [-0.2, 0) is 4.79 Å². The van der Waals surface area contributed by atoms with Crippen molar-refractivity contribution < 1.29 is 18.7 Å². The first-order chi connectivity index (χ1) is 9.54. The van der Waals surface area contributed by atoms with Crippen LogP contribution in [0.1, 0.15) is 17.3 Å². The zero-order chi connectivity index (χ0) is 14.5. The first-order valence-corrected chi connectivity index (χ1v) is 5.90. The standard InChI is InChI=1S/C15H12FNO3/c1-10(18)17-13-3-2-4-14(9-13)20-15(19)11-5-7-12(16)8-6-11/h2-9H,1H3,(H,17,18). The van der Waals surface area contributed by atoms with Gasteiger partial charge in [-0.2, -0.15) is 0 Å². The summed E-state index contributed by atoms with van der Waals surface area (Å²) in [4.78, 5) is 22.8. The molecule has 1 amide bonds. The molecule has 0 fully saturated rings. The van der Waals surface area contributed by atoms with E-state index in [1.807, 2.05) is 0 Å². The number of amides is 1. The van der Waals surface area contributed by atoms with Crippen LogP contribution in [-0.4, -0.2) is 11.9 Å². The van der Waals surface area contributed by atoms with Crippen LogP contribution >= 0.6 is 0 Å². The maximum absolute atomic E-state index is 12.8. The Hall–Kier alpha value is -2.69. The van der Waals surface area contributed by atoms with Gasteiger partial charge in [0.2, 0.25) is 5.91 Å². The van der Waals surface area contributed by atoms with E-state index in [1.54, 1.807) is 18.2 Å². The number of anilines is 1. The summed E-state index contributed by atoms with van der Waals surface area (Å²) in [5.41, 5.74) is 0.776. The number of rotatable bonds is 3. The summed E-state index contributed by atoms with van der Waals surface area (Å²) in [6.45, 7) is 1.39. The summed E-state index contributed by atoms with van der Waals surface area (Å²) in [6.07, 6.45) is 0. The van der Waals surface area contributed by atoms with Crippen LogP contribution in [0.4, 0.5) is 10.1 Å². The van der Waals surface area contributed by atoms with E-state index in [0.717, 1.165) is 0 Å². The summed E-state index contributed by atoms with van der Waals surface area (Å²) < 4.78 is 17.9. The number of carbonyl (C=O) groups is 2. The number of nitrogens with one attached hydrogen (secondary N) is 1. The van der Waals surface area contributed by atoms with Gasteiger partial charge in [0.15, 0.2) is 0 Å². The van der Waals surface area contributed by atoms with Gasteiger partial charge < -0.3 is 10.1 Å². The Kier molecular flexibility index (Phi) is 4.10. The maximum atomic E-state index is 12.8. The molecule has 0 saturated heterocycles. The molecule has 20 heavy (non-hydrogen) atoms. The van der Waals surface area contributed by atoms with E-state index >= 15 is 0 Å². The van der Waals surface area contributed by atoms with Gasteiger partial charge in [-0.25, -0.2) is 9.18 Å². The molecule has 2 rings (SSSR count). The van der Waals surface area contributed by atoms with Crippen molar-refractivity contribution in [2.24, 2.45) is 0 Å². The van der Waals surface area contributed by atoms with Gasteiger partial charge in [0, 0.05) is 18.7 Å². The van der Waals surface area contributed by atoms with E-state index in [2.05, 4.69) is 5.32 Å². The Labute approximate surface area is 115 Å². The summed E-state index contributed by atoms with van der Waals surface area (Å²) in [5.74, 6) is -0.934. The minimum absolute atomic E-state index is 0.216. The smallest absolute Gasteiger partial charge is 0.343 e. The van der Waals surface area contributed by atoms with Crippen molar-refractivity contribution in [3.63, 3.8) is 0 Å². The highest BCUT2D eigenvalue weighted by Gasteiger charge is 2.09. The zero-order valence-corrected chi connectivity index (χ0v) is 10.7. The summed E-state index contributed by atoms with van der Waals surface area (Å²) in [6, 6.07) is 11.5. The van der Waals surface area contributed by atoms with Crippen LogP contribution in [0, 0.1) is 5.82 Å². The molecule has 0 radical (unpaired) electrons. The molecule has 0 aliphatic carbocycles. The van der Waals surface area contributed by atoms with Gasteiger partial charge in [0.25, 0.3) is 0 Å². The van der Waals surface area contributed by atoms with E-state index < -0.39 is 11.8 Å². The van der Waals surface area contributed by atoms with E-state index in [-0.39, 0.29) is 11.5 Å². The lowest BCUT2D eigenvalue weighted by Gasteiger charge is -2.07. The lowest BCUT2D eigenvalue weighted by Crippen LogP contribution is -2.09. The van der Waals surface area contributed by atoms with Gasteiger partial charge in [0.1, 0.15) is 11.6 Å². The van der Waals surface area contributed by atoms with Crippen LogP contribution in [0.3, 0.4) is 0 Å². The second-order valence-electron chi connectivity index (χ2n) is 4.11. The normalized spacial score (nSPS) is 9.90. The molecule has 2 aromatic carbocycles. The van der Waals surface area contributed by atoms with Crippen LogP contribution < -0.4 is 10.1 Å². The molecule has 1 N–H and O–H groups in total. The van der Waals surface area contributed by atoms with Crippen molar-refractivity contribution in [1.29, 1.82) is 0 Å². The summed E-state index contributed by atoms with van der Waals surface area (Å²) in [5, 5.41) is 2.59. The Balaban J connectivity index is 2.11. The van der Waals surface area contributed by atoms with E-state index in [4.69, 9.17) is 4.74 Å². The number of hydrogen-bond acceptors (Lipinski definition) is 3. The quantitative estimate of drug-likeness (QED) is 0.691. The topological polar surface area (TPSA) is 55.4 Å². The third kappa shape index (κ3) is 3.65. The molecule has 4 nitrogen and oxygen atoms in total. The average Bonchev–Trinajstić information content (AvgIpc) is 2.39. The molecular weight excluding hydrogens is 261 g/mol. The number of halogens is 1. The van der Waals surface area contributed by atoms with Gasteiger partial charge in [-0.1, -0.05) is 6.07 Å². The third-order valence-corrected chi connectivity index (χ3v) is 2.44. The van der Waals surface area contributed by atoms with Crippen molar-refractivity contribution >= 4 is 17.6 Å². The molecule has 0 aliphatic heterocycles. The van der Waals surface area contributed by atoms with Crippen LogP contribution in [0.15, 0.2) is 48.5 Å². The monoisotopic (exact) mass is 273 g/mol. The minimum Gasteiger partial charge on any atom is -0.423 e. The highest BCUT2D eigenvalue weighted by molar-refractivity contribution is 5.91. The second kappa shape index (κ2) is 5.97. The predicted molar refractivity (Wildman–Crippen MR) is 72.1 cm³/mol. The molecule has 0 atom stereocenters. The fraction of sp³-hybridized carbons (Fsp3) is 0.0667. The van der Waals surface area contributed by atoms with E-state index in [9.17, 15) is 14.0 Å². The number of ether oxygens (including phenoxy) is 1. The van der Waals surface area contributed by atoms with E-state index in [0.29, 0.717) is 11.4 Å². The Morgan fingerprint density at radius 2 is 1.80 bits per heavy atom. The molecule has 0 aromatic heterocycles. The van der Waals surface area contributed by atoms with Gasteiger partial charge in [0.05, 0.1) is 5.56 Å². The fourth-order valence-corrected chi connectivity index (χ4v) is 1.59. The molecule has 0 aliphatic rings. The van der Waals surface area contributed by atoms with Gasteiger partial charge in [-0.3, -0.25) is 4.79 Å². The Morgan fingerprint density at radius 1 is 1.10 bits per heavy atom. The number of hydrogen-bond donors (Lipinski definition) is 1. The zero-order valence-electron chi connectivity index (χ0n) is 10.7. The summed E-state index contributed by atoms with van der Waals surface area (Å²) in [7, 11) is 0. The average molecular weight is 273 g/mol. The maximum Gasteiger partial charge on any atom is 0.343 e.